The number of para-hydroxylation sites is 1. The molecule has 0 radical (unpaired) electrons. The molecule has 0 aliphatic heterocycles. The molecule has 0 aliphatic carbocycles. The number of nitrogen functional groups attached to an aromatic ring is 1. The highest BCUT2D eigenvalue weighted by Gasteiger charge is 2.16. The summed E-state index contributed by atoms with van der Waals surface area (Å²) in [6.07, 6.45) is 2.00. The van der Waals surface area contributed by atoms with Crippen LogP contribution in [0.5, 0.6) is 5.75 Å². The van der Waals surface area contributed by atoms with Gasteiger partial charge in [-0.2, -0.15) is 0 Å². The molecule has 2 aromatic heterocycles. The third-order valence-corrected chi connectivity index (χ3v) is 6.24. The molecule has 0 saturated carbocycles. The zero-order valence-electron chi connectivity index (χ0n) is 11.7. The maximum atomic E-state index is 9.94. The fourth-order valence-electron chi connectivity index (χ4n) is 2.02. The Kier molecular flexibility index (Phi) is 4.19. The summed E-state index contributed by atoms with van der Waals surface area (Å²) in [5, 5.41) is 20.3. The van der Waals surface area contributed by atoms with E-state index in [9.17, 15) is 5.11 Å². The number of phenols is 1. The maximum Gasteiger partial charge on any atom is 0.133 e. The molecule has 7 heteroatoms. The van der Waals surface area contributed by atoms with Crippen molar-refractivity contribution in [3.8, 4) is 27.6 Å². The molecule has 112 valence electrons. The number of hydrogen-bond donors (Lipinski definition) is 3. The van der Waals surface area contributed by atoms with E-state index in [1.54, 1.807) is 23.9 Å². The fraction of sp³-hybridized carbons (Fsp3) is 0.0667. The van der Waals surface area contributed by atoms with Crippen LogP contribution < -0.4 is 5.73 Å². The van der Waals surface area contributed by atoms with Crippen LogP contribution in [0.25, 0.3) is 21.8 Å². The molecule has 22 heavy (non-hydrogen) atoms. The number of benzene rings is 1. The molecule has 2 heterocycles. The van der Waals surface area contributed by atoms with E-state index >= 15 is 0 Å². The van der Waals surface area contributed by atoms with Crippen LogP contribution in [0.3, 0.4) is 0 Å². The molecule has 0 amide bonds. The molecule has 0 unspecified atom stereocenters. The second-order valence-electron chi connectivity index (χ2n) is 4.48. The average Bonchev–Trinajstić information content (AvgIpc) is 3.14. The molecule has 3 aromatic rings. The number of rotatable bonds is 4. The van der Waals surface area contributed by atoms with Gasteiger partial charge in [0.1, 0.15) is 16.6 Å². The Bertz CT molecular complexity index is 838. The second-order valence-corrected chi connectivity index (χ2v) is 7.47. The third-order valence-electron chi connectivity index (χ3n) is 3.06. The summed E-state index contributed by atoms with van der Waals surface area (Å²) in [5.74, 6) is 0.295. The van der Waals surface area contributed by atoms with Crippen LogP contribution in [0.1, 0.15) is 4.88 Å². The fourth-order valence-corrected chi connectivity index (χ4v) is 4.72. The van der Waals surface area contributed by atoms with E-state index in [0.29, 0.717) is 0 Å². The lowest BCUT2D eigenvalue weighted by atomic mass is 10.1. The van der Waals surface area contributed by atoms with Crippen LogP contribution in [0.2, 0.25) is 0 Å². The Morgan fingerprint density at radius 3 is 2.77 bits per heavy atom. The van der Waals surface area contributed by atoms with Gasteiger partial charge in [0.05, 0.1) is 14.8 Å². The van der Waals surface area contributed by atoms with E-state index in [2.05, 4.69) is 4.98 Å². The molecule has 0 bridgehead atoms. The standard InChI is InChI=1S/C15H13N3OS3/c1-20-15-9(6-12(22-15)13(16)17)14-18-10(7-21-14)8-4-2-3-5-11(8)19/h2-7,19H,1H3,(H3,16,17). The van der Waals surface area contributed by atoms with E-state index in [1.807, 2.05) is 29.8 Å². The second kappa shape index (κ2) is 6.12. The molecular formula is C15H13N3OS3. The lowest BCUT2D eigenvalue weighted by Gasteiger charge is -1.99. The van der Waals surface area contributed by atoms with Gasteiger partial charge in [0, 0.05) is 16.5 Å². The van der Waals surface area contributed by atoms with Crippen molar-refractivity contribution in [2.45, 2.75) is 4.21 Å². The zero-order chi connectivity index (χ0) is 15.7. The highest BCUT2D eigenvalue weighted by atomic mass is 32.2. The van der Waals surface area contributed by atoms with Gasteiger partial charge < -0.3 is 10.8 Å². The monoisotopic (exact) mass is 347 g/mol. The minimum Gasteiger partial charge on any atom is -0.507 e. The van der Waals surface area contributed by atoms with Crippen LogP contribution in [0.4, 0.5) is 0 Å². The number of nitrogens with one attached hydrogen (secondary N) is 1. The van der Waals surface area contributed by atoms with Crippen LogP contribution in [-0.2, 0) is 0 Å². The Labute approximate surface area is 140 Å². The largest absolute Gasteiger partial charge is 0.507 e. The van der Waals surface area contributed by atoms with Crippen molar-refractivity contribution in [2.75, 3.05) is 6.26 Å². The summed E-state index contributed by atoms with van der Waals surface area (Å²) < 4.78 is 1.09. The van der Waals surface area contributed by atoms with Crippen molar-refractivity contribution in [3.05, 3.63) is 40.6 Å². The first-order valence-corrected chi connectivity index (χ1v) is 9.28. The van der Waals surface area contributed by atoms with E-state index in [-0.39, 0.29) is 11.6 Å². The summed E-state index contributed by atoms with van der Waals surface area (Å²) in [6, 6.07) is 9.07. The number of amidine groups is 1. The third kappa shape index (κ3) is 2.75. The summed E-state index contributed by atoms with van der Waals surface area (Å²) in [4.78, 5) is 5.38. The van der Waals surface area contributed by atoms with Gasteiger partial charge in [0.15, 0.2) is 0 Å². The molecule has 3 rings (SSSR count). The lowest BCUT2D eigenvalue weighted by molar-refractivity contribution is 0.477. The molecule has 0 fully saturated rings. The first kappa shape index (κ1) is 15.1. The number of thiophene rings is 1. The highest BCUT2D eigenvalue weighted by Crippen LogP contribution is 2.40. The van der Waals surface area contributed by atoms with Crippen LogP contribution in [0.15, 0.2) is 39.9 Å². The summed E-state index contributed by atoms with van der Waals surface area (Å²) in [6.45, 7) is 0. The Morgan fingerprint density at radius 2 is 2.09 bits per heavy atom. The number of hydrogen-bond acceptors (Lipinski definition) is 6. The smallest absolute Gasteiger partial charge is 0.133 e. The SMILES string of the molecule is CSc1sc(C(=N)N)cc1-c1nc(-c2ccccc2O)cs1. The average molecular weight is 347 g/mol. The summed E-state index contributed by atoms with van der Waals surface area (Å²) >= 11 is 4.64. The molecular weight excluding hydrogens is 334 g/mol. The van der Waals surface area contributed by atoms with Gasteiger partial charge in [0.25, 0.3) is 0 Å². The Morgan fingerprint density at radius 1 is 1.32 bits per heavy atom. The van der Waals surface area contributed by atoms with Gasteiger partial charge in [-0.15, -0.1) is 34.4 Å². The molecule has 4 N–H and O–H groups in total. The lowest BCUT2D eigenvalue weighted by Crippen LogP contribution is -2.08. The van der Waals surface area contributed by atoms with Crippen molar-refractivity contribution in [1.29, 1.82) is 5.41 Å². The van der Waals surface area contributed by atoms with E-state index in [4.69, 9.17) is 11.1 Å². The van der Waals surface area contributed by atoms with Crippen LogP contribution >= 0.6 is 34.4 Å². The van der Waals surface area contributed by atoms with E-state index in [0.717, 1.165) is 30.9 Å². The minimum absolute atomic E-state index is 0.0732. The molecule has 0 atom stereocenters. The molecule has 1 aromatic carbocycles. The van der Waals surface area contributed by atoms with Gasteiger partial charge in [-0.1, -0.05) is 12.1 Å². The molecule has 0 spiro atoms. The summed E-state index contributed by atoms with van der Waals surface area (Å²) in [5.41, 5.74) is 8.04. The van der Waals surface area contributed by atoms with Crippen molar-refractivity contribution in [1.82, 2.24) is 4.98 Å². The van der Waals surface area contributed by atoms with Gasteiger partial charge >= 0.3 is 0 Å². The minimum atomic E-state index is 0.0732. The van der Waals surface area contributed by atoms with E-state index < -0.39 is 0 Å². The number of nitrogens with two attached hydrogens (primary N) is 1. The summed E-state index contributed by atoms with van der Waals surface area (Å²) in [7, 11) is 0. The van der Waals surface area contributed by atoms with Crippen molar-refractivity contribution in [3.63, 3.8) is 0 Å². The first-order valence-electron chi connectivity index (χ1n) is 6.36. The maximum absolute atomic E-state index is 9.94. The number of phenolic OH excluding ortho intramolecular Hbond substituents is 1. The van der Waals surface area contributed by atoms with Gasteiger partial charge in [-0.25, -0.2) is 4.98 Å². The molecule has 4 nitrogen and oxygen atoms in total. The topological polar surface area (TPSA) is 83.0 Å². The Balaban J connectivity index is 2.04. The highest BCUT2D eigenvalue weighted by molar-refractivity contribution is 8.00. The van der Waals surface area contributed by atoms with Crippen molar-refractivity contribution < 1.29 is 5.11 Å². The number of nitrogens with zero attached hydrogens (tertiary/aromatic N) is 1. The Hall–Kier alpha value is -1.83. The normalized spacial score (nSPS) is 10.8. The number of aromatic hydroxyl groups is 1. The number of thioether (sulfide) groups is 1. The van der Waals surface area contributed by atoms with Crippen molar-refractivity contribution >= 4 is 40.3 Å². The predicted molar refractivity (Wildman–Crippen MR) is 95.3 cm³/mol. The molecule has 0 saturated heterocycles. The van der Waals surface area contributed by atoms with Crippen LogP contribution in [-0.4, -0.2) is 22.2 Å². The first-order chi connectivity index (χ1) is 10.6. The zero-order valence-corrected chi connectivity index (χ0v) is 14.1. The predicted octanol–water partition coefficient (Wildman–Crippen LogP) is 4.25. The van der Waals surface area contributed by atoms with E-state index in [1.165, 1.54) is 22.7 Å². The number of thiazole rings is 1. The van der Waals surface area contributed by atoms with Gasteiger partial charge in [-0.05, 0) is 24.5 Å². The van der Waals surface area contributed by atoms with Gasteiger partial charge in [-0.3, -0.25) is 5.41 Å². The van der Waals surface area contributed by atoms with Crippen LogP contribution in [0, 0.1) is 5.41 Å². The van der Waals surface area contributed by atoms with Crippen molar-refractivity contribution in [2.24, 2.45) is 5.73 Å². The van der Waals surface area contributed by atoms with Gasteiger partial charge in [0.2, 0.25) is 0 Å². The quantitative estimate of drug-likeness (QED) is 0.374. The number of aromatic nitrogens is 1. The molecule has 0 aliphatic rings.